The van der Waals surface area contributed by atoms with Gasteiger partial charge in [-0.2, -0.15) is 0 Å². The van der Waals surface area contributed by atoms with Gasteiger partial charge >= 0.3 is 0 Å². The zero-order valence-corrected chi connectivity index (χ0v) is 12.0. The fraction of sp³-hybridized carbons (Fsp3) is 0.467. The summed E-state index contributed by atoms with van der Waals surface area (Å²) in [5.74, 6) is -0.00190. The van der Waals surface area contributed by atoms with E-state index in [0.717, 1.165) is 17.8 Å². The number of hydrogen-bond acceptors (Lipinski definition) is 3. The highest BCUT2D eigenvalue weighted by molar-refractivity contribution is 5.78. The minimum atomic E-state index is -0.00190. The van der Waals surface area contributed by atoms with Crippen LogP contribution in [0, 0.1) is 0 Å². The SMILES string of the molecule is CC(C)OCCCNC(=O)Cc1cn2ccccc2n1. The van der Waals surface area contributed by atoms with Crippen molar-refractivity contribution < 1.29 is 9.53 Å². The summed E-state index contributed by atoms with van der Waals surface area (Å²) in [6.07, 6.45) is 5.19. The van der Waals surface area contributed by atoms with E-state index in [0.29, 0.717) is 19.6 Å². The lowest BCUT2D eigenvalue weighted by Gasteiger charge is -2.07. The lowest BCUT2D eigenvalue weighted by molar-refractivity contribution is -0.120. The highest BCUT2D eigenvalue weighted by Gasteiger charge is 2.06. The summed E-state index contributed by atoms with van der Waals surface area (Å²) in [5, 5.41) is 2.88. The van der Waals surface area contributed by atoms with Gasteiger partial charge in [0, 0.05) is 25.5 Å². The van der Waals surface area contributed by atoms with Gasteiger partial charge in [0.2, 0.25) is 5.91 Å². The molecule has 2 aromatic heterocycles. The minimum absolute atomic E-state index is 0.00190. The third-order valence-electron chi connectivity index (χ3n) is 2.85. The number of rotatable bonds is 7. The van der Waals surface area contributed by atoms with Gasteiger partial charge in [-0.3, -0.25) is 4.79 Å². The van der Waals surface area contributed by atoms with E-state index in [9.17, 15) is 4.79 Å². The molecule has 0 spiro atoms. The minimum Gasteiger partial charge on any atom is -0.379 e. The first-order valence-corrected chi connectivity index (χ1v) is 6.96. The number of hydrogen-bond donors (Lipinski definition) is 1. The molecule has 0 atom stereocenters. The van der Waals surface area contributed by atoms with Crippen molar-refractivity contribution in [3.05, 3.63) is 36.3 Å². The Morgan fingerprint density at radius 3 is 3.05 bits per heavy atom. The molecule has 2 aromatic rings. The van der Waals surface area contributed by atoms with Gasteiger partial charge in [0.05, 0.1) is 18.2 Å². The number of carbonyl (C=O) groups is 1. The van der Waals surface area contributed by atoms with Crippen LogP contribution in [0.5, 0.6) is 0 Å². The summed E-state index contributed by atoms with van der Waals surface area (Å²) in [6.45, 7) is 5.31. The molecule has 20 heavy (non-hydrogen) atoms. The highest BCUT2D eigenvalue weighted by atomic mass is 16.5. The van der Waals surface area contributed by atoms with Gasteiger partial charge < -0.3 is 14.5 Å². The van der Waals surface area contributed by atoms with Crippen LogP contribution < -0.4 is 5.32 Å². The van der Waals surface area contributed by atoms with Gasteiger partial charge in [0.25, 0.3) is 0 Å². The predicted octanol–water partition coefficient (Wildman–Crippen LogP) is 1.81. The van der Waals surface area contributed by atoms with Crippen molar-refractivity contribution in [2.75, 3.05) is 13.2 Å². The first-order chi connectivity index (χ1) is 9.65. The lowest BCUT2D eigenvalue weighted by Crippen LogP contribution is -2.27. The van der Waals surface area contributed by atoms with E-state index in [1.165, 1.54) is 0 Å². The molecule has 0 saturated carbocycles. The van der Waals surface area contributed by atoms with Gasteiger partial charge in [-0.1, -0.05) is 6.07 Å². The smallest absolute Gasteiger partial charge is 0.226 e. The summed E-state index contributed by atoms with van der Waals surface area (Å²) < 4.78 is 7.33. The average Bonchev–Trinajstić information content (AvgIpc) is 2.79. The summed E-state index contributed by atoms with van der Waals surface area (Å²) >= 11 is 0. The van der Waals surface area contributed by atoms with Crippen LogP contribution in [-0.2, 0) is 16.0 Å². The number of imidazole rings is 1. The van der Waals surface area contributed by atoms with Crippen molar-refractivity contribution in [3.8, 4) is 0 Å². The number of nitrogens with one attached hydrogen (secondary N) is 1. The van der Waals surface area contributed by atoms with Gasteiger partial charge in [-0.25, -0.2) is 4.98 Å². The molecule has 5 nitrogen and oxygen atoms in total. The van der Waals surface area contributed by atoms with Crippen molar-refractivity contribution in [1.29, 1.82) is 0 Å². The number of pyridine rings is 1. The molecule has 0 radical (unpaired) electrons. The fourth-order valence-corrected chi connectivity index (χ4v) is 1.92. The summed E-state index contributed by atoms with van der Waals surface area (Å²) in [7, 11) is 0. The van der Waals surface area contributed by atoms with E-state index in [4.69, 9.17) is 4.74 Å². The third kappa shape index (κ3) is 4.35. The first kappa shape index (κ1) is 14.5. The molecule has 0 aromatic carbocycles. The zero-order chi connectivity index (χ0) is 14.4. The summed E-state index contributed by atoms with van der Waals surface area (Å²) in [4.78, 5) is 16.2. The monoisotopic (exact) mass is 275 g/mol. The normalized spacial score (nSPS) is 11.2. The maximum Gasteiger partial charge on any atom is 0.226 e. The van der Waals surface area contributed by atoms with Gasteiger partial charge in [0.15, 0.2) is 0 Å². The van der Waals surface area contributed by atoms with E-state index < -0.39 is 0 Å². The van der Waals surface area contributed by atoms with Gasteiger partial charge in [0.1, 0.15) is 5.65 Å². The number of carbonyl (C=O) groups excluding carboxylic acids is 1. The Balaban J connectivity index is 1.74. The van der Waals surface area contributed by atoms with E-state index in [1.807, 2.05) is 48.8 Å². The van der Waals surface area contributed by atoms with Crippen molar-refractivity contribution in [1.82, 2.24) is 14.7 Å². The largest absolute Gasteiger partial charge is 0.379 e. The Bertz CT molecular complexity index is 530. The van der Waals surface area contributed by atoms with Crippen LogP contribution in [0.25, 0.3) is 5.65 Å². The number of amides is 1. The van der Waals surface area contributed by atoms with Gasteiger partial charge in [-0.05, 0) is 32.4 Å². The second-order valence-electron chi connectivity index (χ2n) is 5.00. The Kier molecular flexibility index (Phi) is 5.12. The van der Waals surface area contributed by atoms with Gasteiger partial charge in [-0.15, -0.1) is 0 Å². The molecule has 0 saturated heterocycles. The van der Waals surface area contributed by atoms with E-state index in [1.54, 1.807) is 0 Å². The van der Waals surface area contributed by atoms with E-state index in [-0.39, 0.29) is 12.0 Å². The van der Waals surface area contributed by atoms with Crippen LogP contribution >= 0.6 is 0 Å². The van der Waals surface area contributed by atoms with Crippen LogP contribution in [0.1, 0.15) is 26.0 Å². The molecule has 0 unspecified atom stereocenters. The van der Waals surface area contributed by atoms with Crippen LogP contribution in [0.15, 0.2) is 30.6 Å². The topological polar surface area (TPSA) is 55.6 Å². The van der Waals surface area contributed by atoms with Crippen LogP contribution in [0.3, 0.4) is 0 Å². The van der Waals surface area contributed by atoms with Crippen LogP contribution in [-0.4, -0.2) is 34.5 Å². The second kappa shape index (κ2) is 7.05. The molecular weight excluding hydrogens is 254 g/mol. The molecule has 2 heterocycles. The lowest BCUT2D eigenvalue weighted by atomic mass is 10.3. The Hall–Kier alpha value is -1.88. The maximum atomic E-state index is 11.8. The van der Waals surface area contributed by atoms with Crippen molar-refractivity contribution in [3.63, 3.8) is 0 Å². The highest BCUT2D eigenvalue weighted by Crippen LogP contribution is 2.04. The Morgan fingerprint density at radius 2 is 2.30 bits per heavy atom. The second-order valence-corrected chi connectivity index (χ2v) is 5.00. The molecule has 1 amide bonds. The van der Waals surface area contributed by atoms with E-state index >= 15 is 0 Å². The average molecular weight is 275 g/mol. The maximum absolute atomic E-state index is 11.8. The summed E-state index contributed by atoms with van der Waals surface area (Å²) in [5.41, 5.74) is 1.65. The predicted molar refractivity (Wildman–Crippen MR) is 77.6 cm³/mol. The third-order valence-corrected chi connectivity index (χ3v) is 2.85. The molecule has 1 N–H and O–H groups in total. The quantitative estimate of drug-likeness (QED) is 0.784. The number of ether oxygens (including phenoxy) is 1. The van der Waals surface area contributed by atoms with Crippen molar-refractivity contribution in [2.45, 2.75) is 32.8 Å². The first-order valence-electron chi connectivity index (χ1n) is 6.96. The number of nitrogens with zero attached hydrogens (tertiary/aromatic N) is 2. The van der Waals surface area contributed by atoms with Crippen molar-refractivity contribution in [2.24, 2.45) is 0 Å². The molecule has 0 aliphatic heterocycles. The Morgan fingerprint density at radius 1 is 1.45 bits per heavy atom. The number of fused-ring (bicyclic) bond motifs is 1. The molecule has 0 bridgehead atoms. The zero-order valence-electron chi connectivity index (χ0n) is 12.0. The molecule has 0 fully saturated rings. The molecule has 108 valence electrons. The summed E-state index contributed by atoms with van der Waals surface area (Å²) in [6, 6.07) is 5.79. The molecule has 2 rings (SSSR count). The van der Waals surface area contributed by atoms with Crippen LogP contribution in [0.4, 0.5) is 0 Å². The molecule has 0 aliphatic rings. The molecule has 0 aliphatic carbocycles. The fourth-order valence-electron chi connectivity index (χ4n) is 1.92. The molecular formula is C15H21N3O2. The molecule has 5 heteroatoms. The number of aromatic nitrogens is 2. The standard InChI is InChI=1S/C15H21N3O2/c1-12(2)20-9-5-7-16-15(19)10-13-11-18-8-4-3-6-14(18)17-13/h3-4,6,8,11-12H,5,7,9-10H2,1-2H3,(H,16,19). The Labute approximate surface area is 119 Å². The van der Waals surface area contributed by atoms with Crippen molar-refractivity contribution >= 4 is 11.6 Å². The van der Waals surface area contributed by atoms with E-state index in [2.05, 4.69) is 10.3 Å². The van der Waals surface area contributed by atoms with Crippen LogP contribution in [0.2, 0.25) is 0 Å².